The van der Waals surface area contributed by atoms with Crippen LogP contribution in [0.15, 0.2) is 72.9 Å². The van der Waals surface area contributed by atoms with Crippen molar-refractivity contribution in [2.75, 3.05) is 19.6 Å². The van der Waals surface area contributed by atoms with E-state index in [0.29, 0.717) is 42.1 Å². The van der Waals surface area contributed by atoms with Crippen molar-refractivity contribution in [2.45, 2.75) is 65.5 Å². The van der Waals surface area contributed by atoms with Crippen molar-refractivity contribution in [3.8, 4) is 0 Å². The molecule has 6 heteroatoms. The van der Waals surface area contributed by atoms with E-state index < -0.39 is 0 Å². The molecule has 3 atom stereocenters. The number of hydrogen-bond acceptors (Lipinski definition) is 3. The van der Waals surface area contributed by atoms with Crippen LogP contribution in [0.3, 0.4) is 0 Å². The number of hydrogen-bond donors (Lipinski definition) is 2. The molecule has 0 unspecified atom stereocenters. The third-order valence-corrected chi connectivity index (χ3v) is 7.52. The number of fused-ring (bicyclic) bond motifs is 1. The van der Waals surface area contributed by atoms with Crippen molar-refractivity contribution in [1.82, 2.24) is 15.5 Å². The molecular weight excluding hydrogens is 506 g/mol. The van der Waals surface area contributed by atoms with Gasteiger partial charge in [-0.1, -0.05) is 81.0 Å². The summed E-state index contributed by atoms with van der Waals surface area (Å²) in [6.07, 6.45) is 15.9. The zero-order chi connectivity index (χ0) is 28.2. The van der Waals surface area contributed by atoms with Crippen molar-refractivity contribution in [1.29, 1.82) is 0 Å². The number of amides is 2. The van der Waals surface area contributed by atoms with Gasteiger partial charge in [-0.25, -0.2) is 0 Å². The minimum absolute atomic E-state index is 0.0266. The maximum absolute atomic E-state index is 13.6. The van der Waals surface area contributed by atoms with E-state index in [2.05, 4.69) is 43.6 Å². The summed E-state index contributed by atoms with van der Waals surface area (Å²) in [4.78, 5) is 28.6. The van der Waals surface area contributed by atoms with Gasteiger partial charge < -0.3 is 15.5 Å². The molecule has 2 aromatic rings. The van der Waals surface area contributed by atoms with E-state index in [-0.39, 0.29) is 23.9 Å². The summed E-state index contributed by atoms with van der Waals surface area (Å²) < 4.78 is 0. The average Bonchev–Trinajstić information content (AvgIpc) is 3.07. The maximum Gasteiger partial charge on any atom is 0.251 e. The third-order valence-electron chi connectivity index (χ3n) is 7.29. The molecule has 1 aliphatic rings. The Hall–Kier alpha value is -2.89. The highest BCUT2D eigenvalue weighted by molar-refractivity contribution is 6.31. The molecule has 1 fully saturated rings. The standard InChI is InChI=1S/C33H44ClN3O2/c1-5-7-8-9-10-11-25(6-2)23-37-19-18-30(36-31(33(37)39)17-12-24(3)4)22-35-32(38)28-14-13-27-21-29(34)16-15-26(27)20-28/h5,7-11,13-16,20-21,24-25,30-31,36H,6,12,17-19,22-23H2,1-4H3,(H,35,38)/b7-5-,9-8-,11-10+/t25-,30-,31-/m0/s1. The number of allylic oxidation sites excluding steroid dienone is 5. The lowest BCUT2D eigenvalue weighted by atomic mass is 10.0. The van der Waals surface area contributed by atoms with Crippen LogP contribution >= 0.6 is 11.6 Å². The summed E-state index contributed by atoms with van der Waals surface area (Å²) in [7, 11) is 0. The number of nitrogens with one attached hydrogen (secondary N) is 2. The molecule has 0 bridgehead atoms. The molecule has 210 valence electrons. The van der Waals surface area contributed by atoms with Crippen LogP contribution in [0.2, 0.25) is 5.02 Å². The van der Waals surface area contributed by atoms with Crippen molar-refractivity contribution in [3.05, 3.63) is 83.4 Å². The van der Waals surface area contributed by atoms with Gasteiger partial charge in [0.05, 0.1) is 6.04 Å². The second-order valence-electron chi connectivity index (χ2n) is 10.8. The van der Waals surface area contributed by atoms with Gasteiger partial charge in [-0.15, -0.1) is 0 Å². The maximum atomic E-state index is 13.6. The summed E-state index contributed by atoms with van der Waals surface area (Å²) >= 11 is 6.10. The highest BCUT2D eigenvalue weighted by Crippen LogP contribution is 2.21. The largest absolute Gasteiger partial charge is 0.350 e. The van der Waals surface area contributed by atoms with E-state index in [4.69, 9.17) is 11.6 Å². The molecule has 2 amide bonds. The fourth-order valence-corrected chi connectivity index (χ4v) is 5.06. The monoisotopic (exact) mass is 549 g/mol. The van der Waals surface area contributed by atoms with Gasteiger partial charge in [-0.05, 0) is 79.5 Å². The number of benzene rings is 2. The molecule has 0 aromatic heterocycles. The predicted molar refractivity (Wildman–Crippen MR) is 164 cm³/mol. The van der Waals surface area contributed by atoms with Crippen LogP contribution in [-0.4, -0.2) is 48.4 Å². The van der Waals surface area contributed by atoms with Crippen molar-refractivity contribution in [3.63, 3.8) is 0 Å². The minimum Gasteiger partial charge on any atom is -0.350 e. The van der Waals surface area contributed by atoms with Gasteiger partial charge in [-0.3, -0.25) is 9.59 Å². The molecule has 1 heterocycles. The van der Waals surface area contributed by atoms with Gasteiger partial charge in [0.15, 0.2) is 0 Å². The Bertz CT molecular complexity index is 1190. The van der Waals surface area contributed by atoms with E-state index >= 15 is 0 Å². The van der Waals surface area contributed by atoms with E-state index in [1.165, 1.54) is 0 Å². The number of halogens is 1. The fourth-order valence-electron chi connectivity index (χ4n) is 4.88. The summed E-state index contributed by atoms with van der Waals surface area (Å²) in [5, 5.41) is 9.36. The molecule has 1 saturated heterocycles. The first kappa shape index (κ1) is 30.6. The summed E-state index contributed by atoms with van der Waals surface area (Å²) in [6, 6.07) is 11.1. The fraction of sp³-hybridized carbons (Fsp3) is 0.455. The summed E-state index contributed by atoms with van der Waals surface area (Å²) in [5.74, 6) is 0.887. The number of carbonyl (C=O) groups excluding carboxylic acids is 2. The molecule has 3 rings (SSSR count). The zero-order valence-corrected chi connectivity index (χ0v) is 24.6. The molecule has 2 aromatic carbocycles. The van der Waals surface area contributed by atoms with E-state index in [1.807, 2.05) is 72.5 Å². The number of rotatable bonds is 12. The van der Waals surface area contributed by atoms with Crippen molar-refractivity contribution < 1.29 is 9.59 Å². The van der Waals surface area contributed by atoms with Crippen LogP contribution in [0.4, 0.5) is 0 Å². The lowest BCUT2D eigenvalue weighted by Crippen LogP contribution is -2.49. The van der Waals surface area contributed by atoms with Crippen LogP contribution in [0, 0.1) is 11.8 Å². The third kappa shape index (κ3) is 9.66. The van der Waals surface area contributed by atoms with Crippen molar-refractivity contribution >= 4 is 34.2 Å². The average molecular weight is 550 g/mol. The molecule has 1 aliphatic heterocycles. The minimum atomic E-state index is -0.238. The molecular formula is C33H44ClN3O2. The Labute approximate surface area is 239 Å². The van der Waals surface area contributed by atoms with Gasteiger partial charge in [0.2, 0.25) is 5.91 Å². The first-order valence-electron chi connectivity index (χ1n) is 14.3. The molecule has 2 N–H and O–H groups in total. The van der Waals surface area contributed by atoms with Gasteiger partial charge in [-0.2, -0.15) is 0 Å². The number of nitrogens with zero attached hydrogens (tertiary/aromatic N) is 1. The smallest absolute Gasteiger partial charge is 0.251 e. The van der Waals surface area contributed by atoms with E-state index in [1.54, 1.807) is 0 Å². The highest BCUT2D eigenvalue weighted by Gasteiger charge is 2.31. The molecule has 0 saturated carbocycles. The highest BCUT2D eigenvalue weighted by atomic mass is 35.5. The second-order valence-corrected chi connectivity index (χ2v) is 11.3. The Kier molecular flexibility index (Phi) is 12.3. The molecule has 0 aliphatic carbocycles. The van der Waals surface area contributed by atoms with Crippen molar-refractivity contribution in [2.24, 2.45) is 11.8 Å². The van der Waals surface area contributed by atoms with Gasteiger partial charge >= 0.3 is 0 Å². The van der Waals surface area contributed by atoms with Crippen LogP contribution in [0.25, 0.3) is 10.8 Å². The topological polar surface area (TPSA) is 61.4 Å². The molecule has 5 nitrogen and oxygen atoms in total. The molecule has 39 heavy (non-hydrogen) atoms. The van der Waals surface area contributed by atoms with Gasteiger partial charge in [0.1, 0.15) is 0 Å². The summed E-state index contributed by atoms with van der Waals surface area (Å²) in [6.45, 7) is 10.4. The van der Waals surface area contributed by atoms with Crippen LogP contribution in [-0.2, 0) is 4.79 Å². The zero-order valence-electron chi connectivity index (χ0n) is 23.8. The lowest BCUT2D eigenvalue weighted by Gasteiger charge is -2.27. The first-order chi connectivity index (χ1) is 18.8. The van der Waals surface area contributed by atoms with Gasteiger partial charge in [0, 0.05) is 36.3 Å². The Balaban J connectivity index is 1.66. The number of carbonyl (C=O) groups is 2. The quantitative estimate of drug-likeness (QED) is 0.282. The normalized spacial score (nSPS) is 19.5. The Morgan fingerprint density at radius 3 is 2.62 bits per heavy atom. The summed E-state index contributed by atoms with van der Waals surface area (Å²) in [5.41, 5.74) is 0.619. The molecule has 0 radical (unpaired) electrons. The van der Waals surface area contributed by atoms with Crippen LogP contribution < -0.4 is 10.6 Å². The first-order valence-corrected chi connectivity index (χ1v) is 14.7. The van der Waals surface area contributed by atoms with Gasteiger partial charge in [0.25, 0.3) is 5.91 Å². The Morgan fingerprint density at radius 1 is 1.13 bits per heavy atom. The van der Waals surface area contributed by atoms with E-state index in [0.717, 1.165) is 36.5 Å². The second kappa shape index (κ2) is 15.6. The Morgan fingerprint density at radius 2 is 1.87 bits per heavy atom. The SMILES string of the molecule is C\C=C/C=C\C=C\[C@H](CC)CN1CC[C@@H](CNC(=O)c2ccc3cc(Cl)ccc3c2)N[C@@H](CCC(C)C)C1=O. The molecule has 0 spiro atoms. The van der Waals surface area contributed by atoms with E-state index in [9.17, 15) is 9.59 Å². The van der Waals surface area contributed by atoms with Crippen LogP contribution in [0.5, 0.6) is 0 Å². The van der Waals surface area contributed by atoms with Crippen LogP contribution in [0.1, 0.15) is 63.7 Å². The lowest BCUT2D eigenvalue weighted by molar-refractivity contribution is -0.133. The predicted octanol–water partition coefficient (Wildman–Crippen LogP) is 6.93.